The lowest BCUT2D eigenvalue weighted by Crippen LogP contribution is -2.34. The fourth-order valence-electron chi connectivity index (χ4n) is 5.17. The van der Waals surface area contributed by atoms with Gasteiger partial charge >= 0.3 is 0 Å². The Morgan fingerprint density at radius 1 is 1.09 bits per heavy atom. The summed E-state index contributed by atoms with van der Waals surface area (Å²) in [6.45, 7) is 10.5. The molecule has 0 fully saturated rings. The zero-order chi connectivity index (χ0) is 23.3. The first-order chi connectivity index (χ1) is 15.8. The van der Waals surface area contributed by atoms with Gasteiger partial charge in [-0.15, -0.1) is 6.58 Å². The smallest absolute Gasteiger partial charge is 0.256 e. The Labute approximate surface area is 193 Å². The number of allylic oxidation sites excluding steroid dienone is 2. The van der Waals surface area contributed by atoms with E-state index in [1.54, 1.807) is 10.6 Å². The van der Waals surface area contributed by atoms with Crippen LogP contribution in [0.5, 0.6) is 0 Å². The van der Waals surface area contributed by atoms with Crippen molar-refractivity contribution in [3.63, 3.8) is 0 Å². The van der Waals surface area contributed by atoms with Crippen LogP contribution in [0, 0.1) is 12.3 Å². The van der Waals surface area contributed by atoms with Gasteiger partial charge in [0.15, 0.2) is 5.78 Å². The summed E-state index contributed by atoms with van der Waals surface area (Å²) in [6, 6.07) is 15.4. The third kappa shape index (κ3) is 3.67. The highest BCUT2D eigenvalue weighted by atomic mass is 16.1. The number of Topliss-reactive ketones (excluding diaryl/α,β-unsaturated/α-hetero) is 1. The van der Waals surface area contributed by atoms with Crippen LogP contribution in [-0.2, 0) is 11.3 Å². The number of ketones is 1. The standard InChI is InChI=1S/C28H29N3O2/c1-5-12-31-23-11-10-17(2)13-18(23)14-19(27(31)33)26-25-22(15-28(3,4)16-24(25)32)29-20-8-6-7-9-21(20)30-26/h5-11,13-14,26,29-30H,1,12,15-16H2,2-4H3. The lowest BCUT2D eigenvalue weighted by molar-refractivity contribution is -0.118. The number of carbonyl (C=O) groups excluding carboxylic acids is 1. The van der Waals surface area contributed by atoms with Gasteiger partial charge in [-0.25, -0.2) is 0 Å². The van der Waals surface area contributed by atoms with E-state index < -0.39 is 6.04 Å². The van der Waals surface area contributed by atoms with Gasteiger partial charge in [-0.3, -0.25) is 9.59 Å². The summed E-state index contributed by atoms with van der Waals surface area (Å²) in [7, 11) is 0. The number of aromatic nitrogens is 1. The van der Waals surface area contributed by atoms with Crippen LogP contribution in [0.2, 0.25) is 0 Å². The van der Waals surface area contributed by atoms with E-state index in [1.165, 1.54) is 0 Å². The van der Waals surface area contributed by atoms with Crippen LogP contribution in [0.3, 0.4) is 0 Å². The molecule has 0 saturated heterocycles. The molecular weight excluding hydrogens is 410 g/mol. The Hall–Kier alpha value is -3.60. The van der Waals surface area contributed by atoms with E-state index in [9.17, 15) is 9.59 Å². The van der Waals surface area contributed by atoms with Crippen molar-refractivity contribution >= 4 is 28.1 Å². The molecule has 2 N–H and O–H groups in total. The number of carbonyl (C=O) groups is 1. The number of aryl methyl sites for hydroxylation is 1. The predicted octanol–water partition coefficient (Wildman–Crippen LogP) is 5.72. The first-order valence-corrected chi connectivity index (χ1v) is 11.4. The molecule has 3 aromatic rings. The van der Waals surface area contributed by atoms with Crippen molar-refractivity contribution in [3.05, 3.63) is 93.9 Å². The van der Waals surface area contributed by atoms with Gasteiger partial charge in [-0.2, -0.15) is 0 Å². The molecule has 2 aliphatic rings. The monoisotopic (exact) mass is 439 g/mol. The number of benzene rings is 2. The number of hydrogen-bond acceptors (Lipinski definition) is 4. The minimum absolute atomic E-state index is 0.0815. The second kappa shape index (κ2) is 7.77. The molecule has 2 heterocycles. The quantitative estimate of drug-likeness (QED) is 0.513. The number of hydrogen-bond donors (Lipinski definition) is 2. The first-order valence-electron chi connectivity index (χ1n) is 11.4. The van der Waals surface area contributed by atoms with E-state index in [0.717, 1.165) is 40.0 Å². The molecular formula is C28H29N3O2. The van der Waals surface area contributed by atoms with Crippen LogP contribution in [0.25, 0.3) is 10.9 Å². The van der Waals surface area contributed by atoms with Gasteiger partial charge in [0, 0.05) is 29.8 Å². The van der Waals surface area contributed by atoms with E-state index in [-0.39, 0.29) is 16.8 Å². The summed E-state index contributed by atoms with van der Waals surface area (Å²) >= 11 is 0. The number of anilines is 2. The number of pyridine rings is 1. The summed E-state index contributed by atoms with van der Waals surface area (Å²) in [5.41, 5.74) is 5.68. The highest BCUT2D eigenvalue weighted by Crippen LogP contribution is 2.45. The van der Waals surface area contributed by atoms with Crippen molar-refractivity contribution in [2.75, 3.05) is 10.6 Å². The van der Waals surface area contributed by atoms with Crippen molar-refractivity contribution in [1.29, 1.82) is 0 Å². The second-order valence-electron chi connectivity index (χ2n) is 9.95. The summed E-state index contributed by atoms with van der Waals surface area (Å²) in [5.74, 6) is 0.0815. The molecule has 1 atom stereocenters. The topological polar surface area (TPSA) is 63.1 Å². The van der Waals surface area contributed by atoms with Crippen molar-refractivity contribution in [2.45, 2.75) is 46.2 Å². The molecule has 0 spiro atoms. The summed E-state index contributed by atoms with van der Waals surface area (Å²) < 4.78 is 1.75. The molecule has 1 aliphatic heterocycles. The van der Waals surface area contributed by atoms with Gasteiger partial charge < -0.3 is 15.2 Å². The third-order valence-electron chi connectivity index (χ3n) is 6.62. The molecule has 0 saturated carbocycles. The molecule has 168 valence electrons. The number of nitrogens with one attached hydrogen (secondary N) is 2. The maximum absolute atomic E-state index is 13.8. The minimum atomic E-state index is -0.534. The Morgan fingerprint density at radius 3 is 2.61 bits per heavy atom. The number of nitrogens with zero attached hydrogens (tertiary/aromatic N) is 1. The SMILES string of the molecule is C=CCn1c(=O)c(C2Nc3ccccc3NC3=C2C(=O)CC(C)(C)C3)cc2cc(C)ccc21. The van der Waals surface area contributed by atoms with Crippen LogP contribution in [-0.4, -0.2) is 10.4 Å². The maximum atomic E-state index is 13.8. The van der Waals surface area contributed by atoms with Gasteiger partial charge in [0.25, 0.3) is 5.56 Å². The Bertz CT molecular complexity index is 1390. The number of para-hydroxylation sites is 2. The van der Waals surface area contributed by atoms with Gasteiger partial charge in [0.1, 0.15) is 0 Å². The Balaban J connectivity index is 1.79. The summed E-state index contributed by atoms with van der Waals surface area (Å²) in [4.78, 5) is 27.3. The molecule has 5 heteroatoms. The highest BCUT2D eigenvalue weighted by molar-refractivity contribution is 6.01. The molecule has 1 aromatic heterocycles. The van der Waals surface area contributed by atoms with Crippen LogP contribution < -0.4 is 16.2 Å². The second-order valence-corrected chi connectivity index (χ2v) is 9.95. The molecule has 0 amide bonds. The van der Waals surface area contributed by atoms with Gasteiger partial charge in [0.05, 0.1) is 22.9 Å². The van der Waals surface area contributed by atoms with Crippen LogP contribution in [0.15, 0.2) is 77.3 Å². The summed E-state index contributed by atoms with van der Waals surface area (Å²) in [6.07, 6.45) is 2.94. The van der Waals surface area contributed by atoms with E-state index in [4.69, 9.17) is 0 Å². The fraction of sp³-hybridized carbons (Fsp3) is 0.286. The first kappa shape index (κ1) is 21.3. The number of fused-ring (bicyclic) bond motifs is 2. The molecule has 33 heavy (non-hydrogen) atoms. The van der Waals surface area contributed by atoms with E-state index in [0.29, 0.717) is 24.1 Å². The van der Waals surface area contributed by atoms with Gasteiger partial charge in [-0.05, 0) is 54.5 Å². The molecule has 0 bridgehead atoms. The van der Waals surface area contributed by atoms with Crippen molar-refractivity contribution in [3.8, 4) is 0 Å². The average molecular weight is 440 g/mol. The molecule has 5 nitrogen and oxygen atoms in total. The fourth-order valence-corrected chi connectivity index (χ4v) is 5.17. The van der Waals surface area contributed by atoms with Crippen LogP contribution in [0.4, 0.5) is 11.4 Å². The van der Waals surface area contributed by atoms with Crippen molar-refractivity contribution in [2.24, 2.45) is 5.41 Å². The minimum Gasteiger partial charge on any atom is -0.372 e. The maximum Gasteiger partial charge on any atom is 0.256 e. The Kier molecular flexibility index (Phi) is 5.00. The largest absolute Gasteiger partial charge is 0.372 e. The number of rotatable bonds is 3. The molecule has 2 aromatic carbocycles. The van der Waals surface area contributed by atoms with E-state index in [2.05, 4.69) is 37.1 Å². The highest BCUT2D eigenvalue weighted by Gasteiger charge is 2.39. The molecule has 0 radical (unpaired) electrons. The average Bonchev–Trinajstić information content (AvgIpc) is 2.91. The molecule has 5 rings (SSSR count). The molecule has 1 aliphatic carbocycles. The van der Waals surface area contributed by atoms with E-state index >= 15 is 0 Å². The van der Waals surface area contributed by atoms with Crippen LogP contribution >= 0.6 is 0 Å². The van der Waals surface area contributed by atoms with E-state index in [1.807, 2.05) is 49.4 Å². The zero-order valence-electron chi connectivity index (χ0n) is 19.4. The van der Waals surface area contributed by atoms with Crippen molar-refractivity contribution in [1.82, 2.24) is 4.57 Å². The third-order valence-corrected chi connectivity index (χ3v) is 6.62. The lowest BCUT2D eigenvalue weighted by Gasteiger charge is -2.34. The van der Waals surface area contributed by atoms with Crippen molar-refractivity contribution < 1.29 is 4.79 Å². The molecule has 1 unspecified atom stereocenters. The van der Waals surface area contributed by atoms with Crippen LogP contribution in [0.1, 0.15) is 43.9 Å². The van der Waals surface area contributed by atoms with Gasteiger partial charge in [0.2, 0.25) is 0 Å². The predicted molar refractivity (Wildman–Crippen MR) is 135 cm³/mol. The summed E-state index contributed by atoms with van der Waals surface area (Å²) in [5, 5.41) is 8.04. The zero-order valence-corrected chi connectivity index (χ0v) is 19.4. The lowest BCUT2D eigenvalue weighted by atomic mass is 9.73. The Morgan fingerprint density at radius 2 is 1.85 bits per heavy atom. The van der Waals surface area contributed by atoms with Gasteiger partial charge in [-0.1, -0.05) is 43.7 Å². The normalized spacial score (nSPS) is 19.2.